The first-order valence-electron chi connectivity index (χ1n) is 5.90. The lowest BCUT2D eigenvalue weighted by Gasteiger charge is -2.05. The highest BCUT2D eigenvalue weighted by Gasteiger charge is 2.29. The van der Waals surface area contributed by atoms with Gasteiger partial charge in [-0.3, -0.25) is 9.59 Å². The minimum atomic E-state index is -0.0902. The van der Waals surface area contributed by atoms with Crippen LogP contribution in [-0.4, -0.2) is 18.4 Å². The van der Waals surface area contributed by atoms with Crippen molar-refractivity contribution < 1.29 is 9.59 Å². The molecule has 2 rings (SSSR count). The predicted octanol–water partition coefficient (Wildman–Crippen LogP) is 1.78. The number of carbonyl (C=O) groups is 2. The fourth-order valence-corrected chi connectivity index (χ4v) is 1.56. The van der Waals surface area contributed by atoms with Gasteiger partial charge in [-0.25, -0.2) is 0 Å². The second-order valence-electron chi connectivity index (χ2n) is 4.20. The number of hydrogen-bond donors (Lipinski definition) is 2. The van der Waals surface area contributed by atoms with Gasteiger partial charge < -0.3 is 10.6 Å². The molecule has 1 aliphatic carbocycles. The number of amides is 2. The van der Waals surface area contributed by atoms with Crippen LogP contribution >= 0.6 is 0 Å². The number of benzene rings is 1. The van der Waals surface area contributed by atoms with Gasteiger partial charge in [0.15, 0.2) is 0 Å². The van der Waals surface area contributed by atoms with Gasteiger partial charge in [-0.05, 0) is 44.0 Å². The summed E-state index contributed by atoms with van der Waals surface area (Å²) in [5, 5.41) is 5.56. The van der Waals surface area contributed by atoms with Gasteiger partial charge in [0.05, 0.1) is 0 Å². The molecule has 1 aliphatic rings. The first kappa shape index (κ1) is 11.6. The highest BCUT2D eigenvalue weighted by molar-refractivity contribution is 5.96. The van der Waals surface area contributed by atoms with Crippen molar-refractivity contribution in [2.45, 2.75) is 19.8 Å². The molecule has 1 fully saturated rings. The van der Waals surface area contributed by atoms with Crippen LogP contribution in [0.25, 0.3) is 0 Å². The van der Waals surface area contributed by atoms with Crippen molar-refractivity contribution in [2.24, 2.45) is 5.92 Å². The van der Waals surface area contributed by atoms with Gasteiger partial charge in [-0.2, -0.15) is 0 Å². The lowest BCUT2D eigenvalue weighted by atomic mass is 10.2. The van der Waals surface area contributed by atoms with E-state index in [4.69, 9.17) is 0 Å². The minimum absolute atomic E-state index is 0.0794. The molecule has 1 aromatic rings. The molecule has 0 aliphatic heterocycles. The smallest absolute Gasteiger partial charge is 0.251 e. The first-order valence-corrected chi connectivity index (χ1v) is 5.90. The van der Waals surface area contributed by atoms with Crippen LogP contribution in [0, 0.1) is 5.92 Å². The van der Waals surface area contributed by atoms with E-state index in [-0.39, 0.29) is 17.7 Å². The van der Waals surface area contributed by atoms with Crippen molar-refractivity contribution in [2.75, 3.05) is 11.9 Å². The average Bonchev–Trinajstić information content (AvgIpc) is 3.14. The van der Waals surface area contributed by atoms with E-state index in [0.29, 0.717) is 12.1 Å². The van der Waals surface area contributed by atoms with Gasteiger partial charge in [-0.15, -0.1) is 0 Å². The molecule has 1 saturated carbocycles. The van der Waals surface area contributed by atoms with E-state index in [1.165, 1.54) is 0 Å². The summed E-state index contributed by atoms with van der Waals surface area (Å²) >= 11 is 0. The second kappa shape index (κ2) is 4.99. The second-order valence-corrected chi connectivity index (χ2v) is 4.20. The summed E-state index contributed by atoms with van der Waals surface area (Å²) < 4.78 is 0. The molecule has 0 atom stereocenters. The van der Waals surface area contributed by atoms with E-state index >= 15 is 0 Å². The topological polar surface area (TPSA) is 58.2 Å². The van der Waals surface area contributed by atoms with Crippen molar-refractivity contribution in [1.82, 2.24) is 5.32 Å². The summed E-state index contributed by atoms with van der Waals surface area (Å²) in [6, 6.07) is 6.94. The number of rotatable bonds is 4. The van der Waals surface area contributed by atoms with Gasteiger partial charge in [0, 0.05) is 23.7 Å². The van der Waals surface area contributed by atoms with Crippen molar-refractivity contribution >= 4 is 17.5 Å². The van der Waals surface area contributed by atoms with E-state index in [1.807, 2.05) is 6.92 Å². The molecule has 0 heterocycles. The fraction of sp³-hybridized carbons (Fsp3) is 0.385. The molecule has 1 aromatic carbocycles. The van der Waals surface area contributed by atoms with Crippen LogP contribution in [0.3, 0.4) is 0 Å². The summed E-state index contributed by atoms with van der Waals surface area (Å²) in [5.74, 6) is 0.182. The summed E-state index contributed by atoms with van der Waals surface area (Å²) in [7, 11) is 0. The molecule has 4 nitrogen and oxygen atoms in total. The van der Waals surface area contributed by atoms with Gasteiger partial charge >= 0.3 is 0 Å². The Morgan fingerprint density at radius 2 is 1.88 bits per heavy atom. The standard InChI is InChI=1S/C13H16N2O2/c1-2-14-12(16)9-5-7-11(8-6-9)15-13(17)10-3-4-10/h5-8,10H,2-4H2,1H3,(H,14,16)(H,15,17). The monoisotopic (exact) mass is 232 g/mol. The van der Waals surface area contributed by atoms with Crippen LogP contribution < -0.4 is 10.6 Å². The molecule has 90 valence electrons. The van der Waals surface area contributed by atoms with E-state index < -0.39 is 0 Å². The highest BCUT2D eigenvalue weighted by atomic mass is 16.2. The van der Waals surface area contributed by atoms with E-state index in [1.54, 1.807) is 24.3 Å². The number of anilines is 1. The Morgan fingerprint density at radius 1 is 1.24 bits per heavy atom. The van der Waals surface area contributed by atoms with Crippen LogP contribution in [0.5, 0.6) is 0 Å². The maximum absolute atomic E-state index is 11.5. The maximum Gasteiger partial charge on any atom is 0.251 e. The molecule has 0 unspecified atom stereocenters. The van der Waals surface area contributed by atoms with Crippen LogP contribution in [-0.2, 0) is 4.79 Å². The molecular formula is C13H16N2O2. The zero-order valence-corrected chi connectivity index (χ0v) is 9.82. The largest absolute Gasteiger partial charge is 0.352 e. The SMILES string of the molecule is CCNC(=O)c1ccc(NC(=O)C2CC2)cc1. The van der Waals surface area contributed by atoms with Gasteiger partial charge in [0.25, 0.3) is 5.91 Å². The average molecular weight is 232 g/mol. The lowest BCUT2D eigenvalue weighted by molar-refractivity contribution is -0.117. The molecule has 0 saturated heterocycles. The van der Waals surface area contributed by atoms with Crippen LogP contribution in [0.4, 0.5) is 5.69 Å². The Bertz CT molecular complexity index is 422. The third kappa shape index (κ3) is 3.06. The Balaban J connectivity index is 1.97. The summed E-state index contributed by atoms with van der Waals surface area (Å²) in [6.07, 6.45) is 1.98. The minimum Gasteiger partial charge on any atom is -0.352 e. The zero-order chi connectivity index (χ0) is 12.3. The molecule has 2 amide bonds. The normalized spacial score (nSPS) is 14.2. The van der Waals surface area contributed by atoms with E-state index in [9.17, 15) is 9.59 Å². The maximum atomic E-state index is 11.5. The molecule has 0 aromatic heterocycles. The molecule has 0 radical (unpaired) electrons. The molecular weight excluding hydrogens is 216 g/mol. The fourth-order valence-electron chi connectivity index (χ4n) is 1.56. The quantitative estimate of drug-likeness (QED) is 0.831. The Hall–Kier alpha value is -1.84. The van der Waals surface area contributed by atoms with Crippen molar-refractivity contribution in [3.8, 4) is 0 Å². The first-order chi connectivity index (χ1) is 8.20. The van der Waals surface area contributed by atoms with Crippen LogP contribution in [0.1, 0.15) is 30.1 Å². The van der Waals surface area contributed by atoms with Crippen molar-refractivity contribution in [3.63, 3.8) is 0 Å². The summed E-state index contributed by atoms with van der Waals surface area (Å²) in [5.41, 5.74) is 1.35. The Morgan fingerprint density at radius 3 is 2.41 bits per heavy atom. The third-order valence-electron chi connectivity index (χ3n) is 2.70. The predicted molar refractivity (Wildman–Crippen MR) is 65.8 cm³/mol. The number of nitrogens with one attached hydrogen (secondary N) is 2. The Kier molecular flexibility index (Phi) is 3.42. The van der Waals surface area contributed by atoms with E-state index in [0.717, 1.165) is 18.5 Å². The molecule has 2 N–H and O–H groups in total. The van der Waals surface area contributed by atoms with Gasteiger partial charge in [0.2, 0.25) is 5.91 Å². The van der Waals surface area contributed by atoms with Crippen LogP contribution in [0.2, 0.25) is 0 Å². The number of hydrogen-bond acceptors (Lipinski definition) is 2. The molecule has 4 heteroatoms. The van der Waals surface area contributed by atoms with Gasteiger partial charge in [0.1, 0.15) is 0 Å². The van der Waals surface area contributed by atoms with E-state index in [2.05, 4.69) is 10.6 Å². The highest BCUT2D eigenvalue weighted by Crippen LogP contribution is 2.30. The van der Waals surface area contributed by atoms with Crippen molar-refractivity contribution in [3.05, 3.63) is 29.8 Å². The Labute approximate surface area is 100 Å². The van der Waals surface area contributed by atoms with Gasteiger partial charge in [-0.1, -0.05) is 0 Å². The molecule has 17 heavy (non-hydrogen) atoms. The lowest BCUT2D eigenvalue weighted by Crippen LogP contribution is -2.22. The number of carbonyl (C=O) groups excluding carboxylic acids is 2. The zero-order valence-electron chi connectivity index (χ0n) is 9.82. The third-order valence-corrected chi connectivity index (χ3v) is 2.70. The van der Waals surface area contributed by atoms with Crippen LogP contribution in [0.15, 0.2) is 24.3 Å². The summed E-state index contributed by atoms with van der Waals surface area (Å²) in [4.78, 5) is 23.0. The summed E-state index contributed by atoms with van der Waals surface area (Å²) in [6.45, 7) is 2.49. The molecule has 0 bridgehead atoms. The van der Waals surface area contributed by atoms with Crippen molar-refractivity contribution in [1.29, 1.82) is 0 Å². The molecule has 0 spiro atoms.